The average molecular weight is 267 g/mol. The van der Waals surface area contributed by atoms with Crippen LogP contribution in [0.5, 0.6) is 0 Å². The Hall–Kier alpha value is -1.62. The van der Waals surface area contributed by atoms with Gasteiger partial charge in [0.15, 0.2) is 0 Å². The lowest BCUT2D eigenvalue weighted by molar-refractivity contribution is 0.237. The van der Waals surface area contributed by atoms with Gasteiger partial charge in [-0.25, -0.2) is 9.18 Å². The SMILES string of the molecule is CC(C)(C)NC(=O)N(CCCN)c1cccc(F)c1. The third-order valence-corrected chi connectivity index (χ3v) is 2.43. The quantitative estimate of drug-likeness (QED) is 0.880. The van der Waals surface area contributed by atoms with Crippen LogP contribution in [0.3, 0.4) is 0 Å². The van der Waals surface area contributed by atoms with Crippen molar-refractivity contribution >= 4 is 11.7 Å². The van der Waals surface area contributed by atoms with Crippen LogP contribution in [-0.4, -0.2) is 24.7 Å². The summed E-state index contributed by atoms with van der Waals surface area (Å²) in [5, 5.41) is 2.87. The lowest BCUT2D eigenvalue weighted by atomic mass is 10.1. The van der Waals surface area contributed by atoms with E-state index in [1.165, 1.54) is 17.0 Å². The minimum atomic E-state index is -0.362. The molecule has 0 unspecified atom stereocenters. The first-order valence-electron chi connectivity index (χ1n) is 6.39. The molecule has 0 saturated heterocycles. The predicted molar refractivity (Wildman–Crippen MR) is 75.7 cm³/mol. The summed E-state index contributed by atoms with van der Waals surface area (Å²) in [7, 11) is 0. The van der Waals surface area contributed by atoms with Crippen molar-refractivity contribution in [3.05, 3.63) is 30.1 Å². The molecule has 0 atom stereocenters. The Labute approximate surface area is 113 Å². The molecule has 0 aliphatic rings. The summed E-state index contributed by atoms with van der Waals surface area (Å²) in [5.41, 5.74) is 5.68. The van der Waals surface area contributed by atoms with E-state index in [2.05, 4.69) is 5.32 Å². The van der Waals surface area contributed by atoms with E-state index in [1.807, 2.05) is 20.8 Å². The summed E-state index contributed by atoms with van der Waals surface area (Å²) in [4.78, 5) is 13.7. The lowest BCUT2D eigenvalue weighted by Crippen LogP contribution is -2.49. The van der Waals surface area contributed by atoms with Crippen LogP contribution in [0.15, 0.2) is 24.3 Å². The van der Waals surface area contributed by atoms with E-state index in [-0.39, 0.29) is 17.4 Å². The second-order valence-corrected chi connectivity index (χ2v) is 5.45. The largest absolute Gasteiger partial charge is 0.333 e. The molecule has 0 heterocycles. The van der Waals surface area contributed by atoms with E-state index in [9.17, 15) is 9.18 Å². The first-order valence-corrected chi connectivity index (χ1v) is 6.39. The number of anilines is 1. The Bertz CT molecular complexity index is 429. The van der Waals surface area contributed by atoms with Crippen molar-refractivity contribution in [2.45, 2.75) is 32.7 Å². The number of benzene rings is 1. The van der Waals surface area contributed by atoms with Crippen LogP contribution in [0.2, 0.25) is 0 Å². The van der Waals surface area contributed by atoms with E-state index in [0.717, 1.165) is 0 Å². The average Bonchev–Trinajstić information content (AvgIpc) is 2.27. The van der Waals surface area contributed by atoms with Gasteiger partial charge in [0, 0.05) is 17.8 Å². The maximum Gasteiger partial charge on any atom is 0.322 e. The molecule has 0 saturated carbocycles. The molecule has 0 spiro atoms. The predicted octanol–water partition coefficient (Wildman–Crippen LogP) is 2.49. The highest BCUT2D eigenvalue weighted by atomic mass is 19.1. The molecule has 106 valence electrons. The number of rotatable bonds is 4. The van der Waals surface area contributed by atoms with Crippen molar-refractivity contribution in [2.75, 3.05) is 18.0 Å². The maximum atomic E-state index is 13.3. The summed E-state index contributed by atoms with van der Waals surface area (Å²) in [5.74, 6) is -0.362. The van der Waals surface area contributed by atoms with Crippen LogP contribution in [0, 0.1) is 5.82 Å². The van der Waals surface area contributed by atoms with Crippen LogP contribution in [0.1, 0.15) is 27.2 Å². The molecule has 19 heavy (non-hydrogen) atoms. The molecule has 3 N–H and O–H groups in total. The zero-order valence-electron chi connectivity index (χ0n) is 11.7. The molecule has 0 radical (unpaired) electrons. The number of nitrogens with two attached hydrogens (primary N) is 1. The highest BCUT2D eigenvalue weighted by Gasteiger charge is 2.20. The van der Waals surface area contributed by atoms with E-state index in [1.54, 1.807) is 12.1 Å². The molecule has 1 aromatic rings. The van der Waals surface area contributed by atoms with E-state index in [4.69, 9.17) is 5.73 Å². The van der Waals surface area contributed by atoms with Crippen LogP contribution >= 0.6 is 0 Å². The topological polar surface area (TPSA) is 58.4 Å². The summed E-state index contributed by atoms with van der Waals surface area (Å²) in [6.07, 6.45) is 0.661. The zero-order chi connectivity index (χ0) is 14.5. The molecule has 1 aromatic carbocycles. The van der Waals surface area contributed by atoms with E-state index >= 15 is 0 Å². The van der Waals surface area contributed by atoms with Crippen molar-refractivity contribution in [1.82, 2.24) is 5.32 Å². The number of carbonyl (C=O) groups excluding carboxylic acids is 1. The fraction of sp³-hybridized carbons (Fsp3) is 0.500. The van der Waals surface area contributed by atoms with Gasteiger partial charge in [0.05, 0.1) is 0 Å². The Kier molecular flexibility index (Phi) is 5.30. The minimum Gasteiger partial charge on any atom is -0.333 e. The van der Waals surface area contributed by atoms with Gasteiger partial charge >= 0.3 is 6.03 Å². The Morgan fingerprint density at radius 2 is 2.11 bits per heavy atom. The summed E-state index contributed by atoms with van der Waals surface area (Å²) < 4.78 is 13.3. The fourth-order valence-electron chi connectivity index (χ4n) is 1.63. The van der Waals surface area contributed by atoms with Crippen LogP contribution < -0.4 is 16.0 Å². The Morgan fingerprint density at radius 3 is 2.63 bits per heavy atom. The number of hydrogen-bond acceptors (Lipinski definition) is 2. The monoisotopic (exact) mass is 267 g/mol. The van der Waals surface area contributed by atoms with Gasteiger partial charge in [-0.05, 0) is 51.9 Å². The molecule has 0 aliphatic carbocycles. The molecule has 0 aromatic heterocycles. The lowest BCUT2D eigenvalue weighted by Gasteiger charge is -2.28. The molecule has 0 fully saturated rings. The van der Waals surface area contributed by atoms with Crippen molar-refractivity contribution in [1.29, 1.82) is 0 Å². The van der Waals surface area contributed by atoms with Gasteiger partial charge in [-0.1, -0.05) is 6.07 Å². The number of hydrogen-bond donors (Lipinski definition) is 2. The molecule has 2 amide bonds. The van der Waals surface area contributed by atoms with Crippen LogP contribution in [0.4, 0.5) is 14.9 Å². The number of urea groups is 1. The van der Waals surface area contributed by atoms with Crippen LogP contribution in [0.25, 0.3) is 0 Å². The molecular formula is C14H22FN3O. The summed E-state index contributed by atoms with van der Waals surface area (Å²) >= 11 is 0. The third kappa shape index (κ3) is 5.26. The Morgan fingerprint density at radius 1 is 1.42 bits per heavy atom. The number of amides is 2. The highest BCUT2D eigenvalue weighted by Crippen LogP contribution is 2.17. The zero-order valence-corrected chi connectivity index (χ0v) is 11.7. The van der Waals surface area contributed by atoms with E-state index in [0.29, 0.717) is 25.2 Å². The van der Waals surface area contributed by atoms with Crippen molar-refractivity contribution in [3.63, 3.8) is 0 Å². The number of nitrogens with one attached hydrogen (secondary N) is 1. The Balaban J connectivity index is 2.91. The van der Waals surface area contributed by atoms with Gasteiger partial charge in [0.2, 0.25) is 0 Å². The highest BCUT2D eigenvalue weighted by molar-refractivity contribution is 5.92. The van der Waals surface area contributed by atoms with Gasteiger partial charge in [0.1, 0.15) is 5.82 Å². The standard InChI is InChI=1S/C14H22FN3O/c1-14(2,3)17-13(19)18(9-5-8-16)12-7-4-6-11(15)10-12/h4,6-7,10H,5,8-9,16H2,1-3H3,(H,17,19). The molecule has 0 bridgehead atoms. The molecule has 0 aliphatic heterocycles. The maximum absolute atomic E-state index is 13.3. The normalized spacial score (nSPS) is 11.2. The molecule has 5 heteroatoms. The van der Waals surface area contributed by atoms with Crippen molar-refractivity contribution < 1.29 is 9.18 Å². The number of halogens is 1. The van der Waals surface area contributed by atoms with Gasteiger partial charge in [-0.3, -0.25) is 4.90 Å². The van der Waals surface area contributed by atoms with E-state index < -0.39 is 0 Å². The van der Waals surface area contributed by atoms with Crippen molar-refractivity contribution in [3.8, 4) is 0 Å². The minimum absolute atomic E-state index is 0.244. The van der Waals surface area contributed by atoms with Crippen molar-refractivity contribution in [2.24, 2.45) is 5.73 Å². The first-order chi connectivity index (χ1) is 8.83. The summed E-state index contributed by atoms with van der Waals surface area (Å²) in [6, 6.07) is 5.75. The fourth-order valence-corrected chi connectivity index (χ4v) is 1.63. The third-order valence-electron chi connectivity index (χ3n) is 2.43. The number of nitrogens with zero attached hydrogens (tertiary/aromatic N) is 1. The van der Waals surface area contributed by atoms with Gasteiger partial charge in [0.25, 0.3) is 0 Å². The molecule has 1 rings (SSSR count). The summed E-state index contributed by atoms with van der Waals surface area (Å²) in [6.45, 7) is 6.64. The molecular weight excluding hydrogens is 245 g/mol. The number of carbonyl (C=O) groups is 1. The van der Waals surface area contributed by atoms with Gasteiger partial charge < -0.3 is 11.1 Å². The first kappa shape index (κ1) is 15.4. The van der Waals surface area contributed by atoms with Crippen LogP contribution in [-0.2, 0) is 0 Å². The smallest absolute Gasteiger partial charge is 0.322 e. The molecule has 4 nitrogen and oxygen atoms in total. The van der Waals surface area contributed by atoms with Gasteiger partial charge in [-0.15, -0.1) is 0 Å². The second-order valence-electron chi connectivity index (χ2n) is 5.45. The van der Waals surface area contributed by atoms with Gasteiger partial charge in [-0.2, -0.15) is 0 Å². The second kappa shape index (κ2) is 6.52.